The summed E-state index contributed by atoms with van der Waals surface area (Å²) in [6, 6.07) is 23.1. The van der Waals surface area contributed by atoms with Crippen LogP contribution in [0.3, 0.4) is 0 Å². The van der Waals surface area contributed by atoms with Gasteiger partial charge in [-0.05, 0) is 82.0 Å². The molecular formula is C34H33N3. The van der Waals surface area contributed by atoms with Gasteiger partial charge < -0.3 is 4.40 Å². The lowest BCUT2D eigenvalue weighted by Gasteiger charge is -2.18. The molecule has 0 radical (unpaired) electrons. The predicted octanol–water partition coefficient (Wildman–Crippen LogP) is 9.11. The van der Waals surface area contributed by atoms with Crippen molar-refractivity contribution in [2.24, 2.45) is 10.8 Å². The minimum atomic E-state index is 0.241. The van der Waals surface area contributed by atoms with Crippen LogP contribution in [-0.2, 0) is 12.8 Å². The summed E-state index contributed by atoms with van der Waals surface area (Å²) in [4.78, 5) is 9.53. The molecule has 4 aromatic carbocycles. The zero-order valence-electron chi connectivity index (χ0n) is 22.6. The van der Waals surface area contributed by atoms with Crippen molar-refractivity contribution in [2.75, 3.05) is 0 Å². The Balaban J connectivity index is 1.62. The molecule has 0 bridgehead atoms. The standard InChI is InChI=1S/C34H33N3/c1-33(2,3)17-20-7-9-22-16-29-26(15-23(22)13-20)31-30-27(35-19-36-31)11-10-24-25-14-21(18-34(4,5)6)8-12-28(25)37(29)32(24)30/h7-16,19H,17-18H2,1-6H3. The molecule has 7 rings (SSSR count). The van der Waals surface area contributed by atoms with Gasteiger partial charge in [0.25, 0.3) is 0 Å². The summed E-state index contributed by atoms with van der Waals surface area (Å²) in [6.45, 7) is 13.8. The number of pyridine rings is 1. The molecule has 3 aromatic heterocycles. The Morgan fingerprint density at radius 1 is 0.622 bits per heavy atom. The van der Waals surface area contributed by atoms with Crippen LogP contribution in [0.25, 0.3) is 59.9 Å². The monoisotopic (exact) mass is 483 g/mol. The van der Waals surface area contributed by atoms with Crippen LogP contribution in [0, 0.1) is 10.8 Å². The van der Waals surface area contributed by atoms with Crippen LogP contribution in [0.1, 0.15) is 52.7 Å². The van der Waals surface area contributed by atoms with Crippen molar-refractivity contribution in [1.29, 1.82) is 0 Å². The Bertz CT molecular complexity index is 1990. The predicted molar refractivity (Wildman–Crippen MR) is 158 cm³/mol. The minimum Gasteiger partial charge on any atom is -0.308 e. The summed E-state index contributed by atoms with van der Waals surface area (Å²) >= 11 is 0. The molecule has 3 heterocycles. The first kappa shape index (κ1) is 22.5. The quantitative estimate of drug-likeness (QED) is 0.181. The highest BCUT2D eigenvalue weighted by molar-refractivity contribution is 6.27. The first-order chi connectivity index (χ1) is 17.6. The zero-order chi connectivity index (χ0) is 25.7. The Morgan fingerprint density at radius 3 is 2.11 bits per heavy atom. The highest BCUT2D eigenvalue weighted by Crippen LogP contribution is 2.41. The van der Waals surface area contributed by atoms with Gasteiger partial charge in [-0.15, -0.1) is 0 Å². The molecule has 37 heavy (non-hydrogen) atoms. The summed E-state index contributed by atoms with van der Waals surface area (Å²) in [5, 5.41) is 7.46. The fraction of sp³-hybridized carbons (Fsp3) is 0.294. The second kappa shape index (κ2) is 7.41. The van der Waals surface area contributed by atoms with E-state index >= 15 is 0 Å². The van der Waals surface area contributed by atoms with Gasteiger partial charge in [-0.3, -0.25) is 0 Å². The molecule has 0 spiro atoms. The van der Waals surface area contributed by atoms with Crippen LogP contribution in [0.5, 0.6) is 0 Å². The molecule has 3 nitrogen and oxygen atoms in total. The van der Waals surface area contributed by atoms with E-state index in [-0.39, 0.29) is 10.8 Å². The summed E-state index contributed by atoms with van der Waals surface area (Å²) in [5.74, 6) is 0. The van der Waals surface area contributed by atoms with Crippen molar-refractivity contribution < 1.29 is 0 Å². The van der Waals surface area contributed by atoms with Crippen LogP contribution in [0.15, 0.2) is 67.0 Å². The van der Waals surface area contributed by atoms with Crippen LogP contribution in [0.4, 0.5) is 0 Å². The number of benzene rings is 4. The fourth-order valence-corrected chi connectivity index (χ4v) is 6.31. The summed E-state index contributed by atoms with van der Waals surface area (Å²) in [7, 11) is 0. The third-order valence-electron chi connectivity index (χ3n) is 7.58. The number of fused-ring (bicyclic) bond motifs is 7. The second-order valence-corrected chi connectivity index (χ2v) is 13.3. The van der Waals surface area contributed by atoms with E-state index in [2.05, 4.69) is 112 Å². The first-order valence-electron chi connectivity index (χ1n) is 13.3. The molecule has 0 atom stereocenters. The molecule has 184 valence electrons. The molecule has 7 aromatic rings. The van der Waals surface area contributed by atoms with Crippen molar-refractivity contribution in [1.82, 2.24) is 14.4 Å². The molecule has 0 saturated heterocycles. The number of hydrogen-bond acceptors (Lipinski definition) is 2. The maximum absolute atomic E-state index is 4.86. The number of nitrogens with zero attached hydrogens (tertiary/aromatic N) is 3. The van der Waals surface area contributed by atoms with Crippen molar-refractivity contribution in [3.05, 3.63) is 78.1 Å². The smallest absolute Gasteiger partial charge is 0.116 e. The van der Waals surface area contributed by atoms with Crippen molar-refractivity contribution in [3.8, 4) is 0 Å². The van der Waals surface area contributed by atoms with E-state index in [9.17, 15) is 0 Å². The number of hydrogen-bond donors (Lipinski definition) is 0. The highest BCUT2D eigenvalue weighted by Gasteiger charge is 2.21. The van der Waals surface area contributed by atoms with Crippen LogP contribution < -0.4 is 0 Å². The topological polar surface area (TPSA) is 30.2 Å². The largest absolute Gasteiger partial charge is 0.308 e. The van der Waals surface area contributed by atoms with Crippen molar-refractivity contribution in [2.45, 2.75) is 54.4 Å². The maximum Gasteiger partial charge on any atom is 0.116 e. The Labute approximate surface area is 217 Å². The maximum atomic E-state index is 4.86. The lowest BCUT2D eigenvalue weighted by atomic mass is 9.87. The van der Waals surface area contributed by atoms with E-state index < -0.39 is 0 Å². The molecule has 0 unspecified atom stereocenters. The molecule has 0 aliphatic rings. The fourth-order valence-electron chi connectivity index (χ4n) is 6.31. The van der Waals surface area contributed by atoms with Gasteiger partial charge in [0.1, 0.15) is 6.33 Å². The Morgan fingerprint density at radius 2 is 1.35 bits per heavy atom. The van der Waals surface area contributed by atoms with Gasteiger partial charge >= 0.3 is 0 Å². The zero-order valence-corrected chi connectivity index (χ0v) is 22.6. The summed E-state index contributed by atoms with van der Waals surface area (Å²) in [5.41, 5.74) is 8.98. The molecule has 0 aliphatic heterocycles. The SMILES string of the molecule is CC(C)(C)Cc1ccc2cc3c(cc2c1)c1ncnc2ccc4c5cc(CC(C)(C)C)ccc5n3c4c21. The minimum absolute atomic E-state index is 0.241. The van der Waals surface area contributed by atoms with Gasteiger partial charge in [-0.1, -0.05) is 65.8 Å². The van der Waals surface area contributed by atoms with Crippen molar-refractivity contribution in [3.63, 3.8) is 0 Å². The first-order valence-corrected chi connectivity index (χ1v) is 13.3. The molecule has 3 heteroatoms. The van der Waals surface area contributed by atoms with E-state index in [1.807, 2.05) is 0 Å². The molecular weight excluding hydrogens is 450 g/mol. The lowest BCUT2D eigenvalue weighted by molar-refractivity contribution is 0.411. The van der Waals surface area contributed by atoms with E-state index in [0.29, 0.717) is 0 Å². The van der Waals surface area contributed by atoms with Gasteiger partial charge in [-0.2, -0.15) is 0 Å². The van der Waals surface area contributed by atoms with Gasteiger partial charge in [0.05, 0.1) is 33.0 Å². The van der Waals surface area contributed by atoms with Crippen LogP contribution in [-0.4, -0.2) is 14.4 Å². The van der Waals surface area contributed by atoms with E-state index in [4.69, 9.17) is 4.98 Å². The average molecular weight is 484 g/mol. The molecule has 0 aliphatic carbocycles. The van der Waals surface area contributed by atoms with Gasteiger partial charge in [0.15, 0.2) is 0 Å². The van der Waals surface area contributed by atoms with Gasteiger partial charge in [0.2, 0.25) is 0 Å². The third-order valence-corrected chi connectivity index (χ3v) is 7.58. The molecule has 0 N–H and O–H groups in total. The van der Waals surface area contributed by atoms with E-state index in [1.165, 1.54) is 54.6 Å². The normalized spacial score (nSPS) is 13.4. The van der Waals surface area contributed by atoms with E-state index in [0.717, 1.165) is 29.3 Å². The Hall–Kier alpha value is -3.72. The molecule has 0 saturated carbocycles. The average Bonchev–Trinajstić information content (AvgIpc) is 3.15. The highest BCUT2D eigenvalue weighted by atomic mass is 14.9. The Kier molecular flexibility index (Phi) is 4.50. The van der Waals surface area contributed by atoms with Gasteiger partial charge in [-0.25, -0.2) is 9.97 Å². The number of rotatable bonds is 2. The number of aromatic nitrogens is 3. The summed E-state index contributed by atoms with van der Waals surface area (Å²) < 4.78 is 2.46. The lowest BCUT2D eigenvalue weighted by Crippen LogP contribution is -2.08. The van der Waals surface area contributed by atoms with E-state index in [1.54, 1.807) is 6.33 Å². The van der Waals surface area contributed by atoms with Crippen molar-refractivity contribution >= 4 is 59.9 Å². The third kappa shape index (κ3) is 3.55. The second-order valence-electron chi connectivity index (χ2n) is 13.3. The molecule has 0 amide bonds. The van der Waals surface area contributed by atoms with Gasteiger partial charge in [0, 0.05) is 16.2 Å². The summed E-state index contributed by atoms with van der Waals surface area (Å²) in [6.07, 6.45) is 3.82. The molecule has 0 fully saturated rings. The van der Waals surface area contributed by atoms with Crippen LogP contribution in [0.2, 0.25) is 0 Å². The van der Waals surface area contributed by atoms with Crippen LogP contribution >= 0.6 is 0 Å².